The molecule has 0 saturated carbocycles. The monoisotopic (exact) mass is 162 g/mol. The van der Waals surface area contributed by atoms with Gasteiger partial charge in [-0.2, -0.15) is 0 Å². The first-order valence-electron chi connectivity index (χ1n) is 2.73. The minimum Gasteiger partial charge on any atom is -0.516 e. The van der Waals surface area contributed by atoms with E-state index in [1.54, 1.807) is 0 Å². The molecule has 0 unspecified atom stereocenters. The van der Waals surface area contributed by atoms with Crippen LogP contribution in [0.2, 0.25) is 0 Å². The Kier molecular flexibility index (Phi) is 9.39. The van der Waals surface area contributed by atoms with Gasteiger partial charge in [0, 0.05) is 0 Å². The molecule has 0 saturated heterocycles. The van der Waals surface area contributed by atoms with Crippen LogP contribution in [0, 0.1) is 0 Å². The summed E-state index contributed by atoms with van der Waals surface area (Å²) in [6, 6.07) is 0. The third-order valence-corrected chi connectivity index (χ3v) is 0.553. The molecular formula is C6H10O5. The number of aliphatic hydroxyl groups excluding tert-OH is 1. The van der Waals surface area contributed by atoms with Gasteiger partial charge in [-0.1, -0.05) is 6.58 Å². The molecule has 11 heavy (non-hydrogen) atoms. The highest BCUT2D eigenvalue weighted by Gasteiger charge is 2.00. The number of carboxylic acids is 2. The predicted octanol–water partition coefficient (Wildman–Crippen LogP) is 0.624. The van der Waals surface area contributed by atoms with Crippen LogP contribution in [-0.2, 0) is 9.59 Å². The number of aliphatic hydroxyl groups is 1. The van der Waals surface area contributed by atoms with Gasteiger partial charge in [0.15, 0.2) is 0 Å². The van der Waals surface area contributed by atoms with Gasteiger partial charge in [-0.15, -0.1) is 0 Å². The van der Waals surface area contributed by atoms with Crippen LogP contribution in [0.4, 0.5) is 0 Å². The fourth-order valence-corrected chi connectivity index (χ4v) is 0.214. The second-order valence-electron chi connectivity index (χ2n) is 1.47. The van der Waals surface area contributed by atoms with Crippen LogP contribution in [0.5, 0.6) is 0 Å². The number of hydrogen-bond donors (Lipinski definition) is 3. The molecule has 0 aliphatic carbocycles. The molecule has 0 atom stereocenters. The summed E-state index contributed by atoms with van der Waals surface area (Å²) in [7, 11) is 0. The van der Waals surface area contributed by atoms with E-state index in [1.165, 1.54) is 0 Å². The molecule has 64 valence electrons. The SMILES string of the molecule is C=CO.O=C(O)CCC(=O)O. The topological polar surface area (TPSA) is 94.8 Å². The molecule has 0 aliphatic rings. The van der Waals surface area contributed by atoms with Crippen LogP contribution in [-0.4, -0.2) is 27.3 Å². The fraction of sp³-hybridized carbons (Fsp3) is 0.333. The van der Waals surface area contributed by atoms with Crippen LogP contribution >= 0.6 is 0 Å². The predicted molar refractivity (Wildman–Crippen MR) is 37.3 cm³/mol. The lowest BCUT2D eigenvalue weighted by Crippen LogP contribution is -2.00. The van der Waals surface area contributed by atoms with E-state index >= 15 is 0 Å². The minimum atomic E-state index is -1.08. The summed E-state index contributed by atoms with van der Waals surface area (Å²) in [5, 5.41) is 23.1. The summed E-state index contributed by atoms with van der Waals surface area (Å²) < 4.78 is 0. The van der Waals surface area contributed by atoms with Gasteiger partial charge in [0.2, 0.25) is 0 Å². The molecule has 0 spiro atoms. The zero-order chi connectivity index (χ0) is 9.28. The van der Waals surface area contributed by atoms with E-state index in [9.17, 15) is 9.59 Å². The second-order valence-corrected chi connectivity index (χ2v) is 1.47. The fourth-order valence-electron chi connectivity index (χ4n) is 0.214. The Bertz CT molecular complexity index is 126. The van der Waals surface area contributed by atoms with Crippen molar-refractivity contribution in [2.24, 2.45) is 0 Å². The van der Waals surface area contributed by atoms with E-state index in [4.69, 9.17) is 15.3 Å². The molecule has 0 radical (unpaired) electrons. The summed E-state index contributed by atoms with van der Waals surface area (Å²) in [5.41, 5.74) is 0. The maximum Gasteiger partial charge on any atom is 0.303 e. The maximum absolute atomic E-state index is 9.64. The van der Waals surface area contributed by atoms with Crippen molar-refractivity contribution in [3.8, 4) is 0 Å². The lowest BCUT2D eigenvalue weighted by atomic mass is 10.3. The quantitative estimate of drug-likeness (QED) is 0.529. The first kappa shape index (κ1) is 12.2. The number of hydrogen-bond acceptors (Lipinski definition) is 3. The minimum absolute atomic E-state index is 0.296. The molecule has 0 bridgehead atoms. The van der Waals surface area contributed by atoms with Gasteiger partial charge in [0.1, 0.15) is 0 Å². The summed E-state index contributed by atoms with van der Waals surface area (Å²) in [6.45, 7) is 2.92. The van der Waals surface area contributed by atoms with Crippen LogP contribution < -0.4 is 0 Å². The van der Waals surface area contributed by atoms with Crippen LogP contribution in [0.1, 0.15) is 12.8 Å². The molecule has 5 heteroatoms. The van der Waals surface area contributed by atoms with Gasteiger partial charge in [-0.05, 0) is 0 Å². The van der Waals surface area contributed by atoms with Crippen molar-refractivity contribution in [1.29, 1.82) is 0 Å². The van der Waals surface area contributed by atoms with Gasteiger partial charge in [-0.25, -0.2) is 0 Å². The molecule has 5 nitrogen and oxygen atoms in total. The summed E-state index contributed by atoms with van der Waals surface area (Å²) in [4.78, 5) is 19.3. The first-order chi connectivity index (χ1) is 5.04. The van der Waals surface area contributed by atoms with Gasteiger partial charge < -0.3 is 15.3 Å². The van der Waals surface area contributed by atoms with E-state index in [2.05, 4.69) is 6.58 Å². The molecular weight excluding hydrogens is 152 g/mol. The Labute approximate surface area is 63.6 Å². The van der Waals surface area contributed by atoms with E-state index in [-0.39, 0.29) is 12.8 Å². The van der Waals surface area contributed by atoms with Crippen molar-refractivity contribution in [2.75, 3.05) is 0 Å². The van der Waals surface area contributed by atoms with Crippen LogP contribution in [0.15, 0.2) is 12.8 Å². The lowest BCUT2D eigenvalue weighted by Gasteiger charge is -1.85. The average Bonchev–Trinajstić information content (AvgIpc) is 1.85. The van der Waals surface area contributed by atoms with E-state index in [0.29, 0.717) is 0 Å². The Balaban J connectivity index is 0. The normalized spacial score (nSPS) is 7.27. The molecule has 3 N–H and O–H groups in total. The van der Waals surface area contributed by atoms with Crippen molar-refractivity contribution in [3.63, 3.8) is 0 Å². The lowest BCUT2D eigenvalue weighted by molar-refractivity contribution is -0.143. The maximum atomic E-state index is 9.64. The third-order valence-electron chi connectivity index (χ3n) is 0.553. The Morgan fingerprint density at radius 3 is 1.45 bits per heavy atom. The molecule has 0 heterocycles. The molecule has 0 rings (SSSR count). The van der Waals surface area contributed by atoms with Crippen molar-refractivity contribution in [2.45, 2.75) is 12.8 Å². The highest BCUT2D eigenvalue weighted by atomic mass is 16.4. The van der Waals surface area contributed by atoms with Gasteiger partial charge >= 0.3 is 11.9 Å². The molecule has 0 aromatic carbocycles. The zero-order valence-corrected chi connectivity index (χ0v) is 5.86. The number of rotatable bonds is 3. The largest absolute Gasteiger partial charge is 0.516 e. The van der Waals surface area contributed by atoms with E-state index < -0.39 is 11.9 Å². The van der Waals surface area contributed by atoms with Crippen LogP contribution in [0.25, 0.3) is 0 Å². The van der Waals surface area contributed by atoms with Gasteiger partial charge in [0.25, 0.3) is 0 Å². The average molecular weight is 162 g/mol. The number of carboxylic acid groups (broad SMARTS) is 2. The summed E-state index contributed by atoms with van der Waals surface area (Å²) in [6.07, 6.45) is 0.157. The highest BCUT2D eigenvalue weighted by Crippen LogP contribution is 1.85. The highest BCUT2D eigenvalue weighted by molar-refractivity contribution is 5.75. The van der Waals surface area contributed by atoms with Gasteiger partial charge in [0.05, 0.1) is 19.1 Å². The van der Waals surface area contributed by atoms with E-state index in [1.807, 2.05) is 0 Å². The summed E-state index contributed by atoms with van der Waals surface area (Å²) >= 11 is 0. The van der Waals surface area contributed by atoms with Crippen molar-refractivity contribution in [1.82, 2.24) is 0 Å². The second kappa shape index (κ2) is 8.48. The van der Waals surface area contributed by atoms with Crippen LogP contribution in [0.3, 0.4) is 0 Å². The molecule has 0 fully saturated rings. The zero-order valence-electron chi connectivity index (χ0n) is 5.86. The smallest absolute Gasteiger partial charge is 0.303 e. The molecule has 0 aromatic rings. The Morgan fingerprint density at radius 2 is 1.36 bits per heavy atom. The molecule has 0 aromatic heterocycles. The first-order valence-corrected chi connectivity index (χ1v) is 2.73. The van der Waals surface area contributed by atoms with Crippen molar-refractivity contribution >= 4 is 11.9 Å². The number of carbonyl (C=O) groups is 2. The van der Waals surface area contributed by atoms with Crippen molar-refractivity contribution in [3.05, 3.63) is 12.8 Å². The van der Waals surface area contributed by atoms with Gasteiger partial charge in [-0.3, -0.25) is 9.59 Å². The summed E-state index contributed by atoms with van der Waals surface area (Å²) in [5.74, 6) is -2.15. The Morgan fingerprint density at radius 1 is 1.18 bits per heavy atom. The number of aliphatic carboxylic acids is 2. The van der Waals surface area contributed by atoms with E-state index in [0.717, 1.165) is 6.26 Å². The molecule has 0 aliphatic heterocycles. The molecule has 0 amide bonds. The van der Waals surface area contributed by atoms with Crippen molar-refractivity contribution < 1.29 is 24.9 Å². The third kappa shape index (κ3) is 29.4. The standard InChI is InChI=1S/C4H6O4.C2H4O/c5-3(6)1-2-4(7)8;1-2-3/h1-2H2,(H,5,6)(H,7,8);2-3H,1H2. The Hall–Kier alpha value is -1.52.